The van der Waals surface area contributed by atoms with E-state index in [1.54, 1.807) is 24.3 Å². The monoisotopic (exact) mass is 441 g/mol. The predicted octanol–water partition coefficient (Wildman–Crippen LogP) is 4.18. The number of nitrogens with zero attached hydrogens (tertiary/aromatic N) is 1. The molecule has 1 aliphatic heterocycles. The van der Waals surface area contributed by atoms with Crippen molar-refractivity contribution >= 4 is 35.0 Å². The molecular formula is C23H23NO6S. The van der Waals surface area contributed by atoms with E-state index in [0.717, 1.165) is 27.8 Å². The number of rotatable bonds is 7. The number of ether oxygens (including phenoxy) is 3. The first kappa shape index (κ1) is 22.4. The van der Waals surface area contributed by atoms with Crippen LogP contribution >= 0.6 is 11.8 Å². The SMILES string of the molecule is COC(=O)[C@@H](C)N1C(=O)S/C(=C/c2ccc(OCc3cccc(C)c3)c(OC)c2)C1=O. The summed E-state index contributed by atoms with van der Waals surface area (Å²) in [4.78, 5) is 37.7. The zero-order valence-corrected chi connectivity index (χ0v) is 18.5. The minimum absolute atomic E-state index is 0.219. The molecule has 0 radical (unpaired) electrons. The summed E-state index contributed by atoms with van der Waals surface area (Å²) in [7, 11) is 2.74. The van der Waals surface area contributed by atoms with Crippen molar-refractivity contribution in [2.24, 2.45) is 0 Å². The summed E-state index contributed by atoms with van der Waals surface area (Å²) < 4.78 is 16.0. The maximum absolute atomic E-state index is 12.6. The maximum atomic E-state index is 12.6. The Bertz CT molecular complexity index is 1050. The number of benzene rings is 2. The highest BCUT2D eigenvalue weighted by Gasteiger charge is 2.41. The van der Waals surface area contributed by atoms with E-state index in [9.17, 15) is 14.4 Å². The second-order valence-corrected chi connectivity index (χ2v) is 7.93. The van der Waals surface area contributed by atoms with Crippen LogP contribution in [0.2, 0.25) is 0 Å². The van der Waals surface area contributed by atoms with Gasteiger partial charge in [0.2, 0.25) is 0 Å². The van der Waals surface area contributed by atoms with Crippen LogP contribution in [0.4, 0.5) is 4.79 Å². The van der Waals surface area contributed by atoms with Crippen molar-refractivity contribution in [3.05, 3.63) is 64.1 Å². The van der Waals surface area contributed by atoms with Crippen LogP contribution in [0.5, 0.6) is 11.5 Å². The van der Waals surface area contributed by atoms with E-state index < -0.39 is 23.2 Å². The summed E-state index contributed by atoms with van der Waals surface area (Å²) in [5.41, 5.74) is 2.86. The number of methoxy groups -OCH3 is 2. The molecular weight excluding hydrogens is 418 g/mol. The lowest BCUT2D eigenvalue weighted by Gasteiger charge is -2.18. The van der Waals surface area contributed by atoms with E-state index in [2.05, 4.69) is 4.74 Å². The second kappa shape index (κ2) is 9.70. The number of carbonyl (C=O) groups excluding carboxylic acids is 3. The van der Waals surface area contributed by atoms with Crippen LogP contribution < -0.4 is 9.47 Å². The Balaban J connectivity index is 1.77. The van der Waals surface area contributed by atoms with E-state index >= 15 is 0 Å². The summed E-state index contributed by atoms with van der Waals surface area (Å²) >= 11 is 0.778. The van der Waals surface area contributed by atoms with Gasteiger partial charge in [-0.2, -0.15) is 0 Å². The number of thioether (sulfide) groups is 1. The van der Waals surface area contributed by atoms with Gasteiger partial charge in [-0.15, -0.1) is 0 Å². The Morgan fingerprint density at radius 1 is 1.13 bits per heavy atom. The molecule has 7 nitrogen and oxygen atoms in total. The molecule has 0 aliphatic carbocycles. The lowest BCUT2D eigenvalue weighted by molar-refractivity contribution is -0.148. The molecule has 31 heavy (non-hydrogen) atoms. The average Bonchev–Trinajstić information content (AvgIpc) is 3.04. The molecule has 2 aromatic carbocycles. The Labute approximate surface area is 185 Å². The Hall–Kier alpha value is -3.26. The molecule has 0 spiro atoms. The zero-order chi connectivity index (χ0) is 22.5. The van der Waals surface area contributed by atoms with Crippen LogP contribution in [0.15, 0.2) is 47.4 Å². The summed E-state index contributed by atoms with van der Waals surface area (Å²) in [6.45, 7) is 3.86. The Kier molecular flexibility index (Phi) is 7.02. The number of hydrogen-bond acceptors (Lipinski definition) is 7. The van der Waals surface area contributed by atoms with E-state index in [1.165, 1.54) is 21.1 Å². The number of carbonyl (C=O) groups is 3. The number of hydrogen-bond donors (Lipinski definition) is 0. The molecule has 0 N–H and O–H groups in total. The predicted molar refractivity (Wildman–Crippen MR) is 118 cm³/mol. The van der Waals surface area contributed by atoms with Gasteiger partial charge in [0.05, 0.1) is 19.1 Å². The Morgan fingerprint density at radius 3 is 2.58 bits per heavy atom. The summed E-state index contributed by atoms with van der Waals surface area (Å²) in [5.74, 6) is -0.121. The highest BCUT2D eigenvalue weighted by atomic mass is 32.2. The van der Waals surface area contributed by atoms with Crippen molar-refractivity contribution in [1.29, 1.82) is 0 Å². The lowest BCUT2D eigenvalue weighted by atomic mass is 10.1. The third-order valence-electron chi connectivity index (χ3n) is 4.72. The third kappa shape index (κ3) is 5.08. The van der Waals surface area contributed by atoms with Gasteiger partial charge < -0.3 is 14.2 Å². The van der Waals surface area contributed by atoms with E-state index in [-0.39, 0.29) is 4.91 Å². The molecule has 1 atom stereocenters. The van der Waals surface area contributed by atoms with Gasteiger partial charge in [0.15, 0.2) is 11.5 Å². The van der Waals surface area contributed by atoms with Crippen molar-refractivity contribution in [2.75, 3.05) is 14.2 Å². The molecule has 162 valence electrons. The van der Waals surface area contributed by atoms with Crippen LogP contribution in [0.1, 0.15) is 23.6 Å². The van der Waals surface area contributed by atoms with Gasteiger partial charge in [-0.25, -0.2) is 4.79 Å². The van der Waals surface area contributed by atoms with Crippen LogP contribution in [-0.2, 0) is 20.9 Å². The average molecular weight is 442 g/mol. The quantitative estimate of drug-likeness (QED) is 0.471. The molecule has 0 unspecified atom stereocenters. The van der Waals surface area contributed by atoms with Crippen LogP contribution in [0.3, 0.4) is 0 Å². The summed E-state index contributed by atoms with van der Waals surface area (Å²) in [6, 6.07) is 12.3. The molecule has 1 saturated heterocycles. The van der Waals surface area contributed by atoms with Crippen LogP contribution in [0.25, 0.3) is 6.08 Å². The van der Waals surface area contributed by atoms with Gasteiger partial charge in [-0.1, -0.05) is 35.9 Å². The normalized spacial score (nSPS) is 15.9. The van der Waals surface area contributed by atoms with Gasteiger partial charge in [0.25, 0.3) is 11.1 Å². The first-order valence-electron chi connectivity index (χ1n) is 9.55. The van der Waals surface area contributed by atoms with Crippen molar-refractivity contribution < 1.29 is 28.6 Å². The molecule has 2 amide bonds. The number of amides is 2. The number of esters is 1. The van der Waals surface area contributed by atoms with Crippen molar-refractivity contribution in [3.63, 3.8) is 0 Å². The van der Waals surface area contributed by atoms with Gasteiger partial charge in [0, 0.05) is 0 Å². The van der Waals surface area contributed by atoms with Crippen LogP contribution in [-0.4, -0.2) is 42.3 Å². The molecule has 1 fully saturated rings. The van der Waals surface area contributed by atoms with Gasteiger partial charge in [-0.05, 0) is 54.9 Å². The highest BCUT2D eigenvalue weighted by Crippen LogP contribution is 2.35. The van der Waals surface area contributed by atoms with E-state index in [0.29, 0.717) is 23.7 Å². The maximum Gasteiger partial charge on any atom is 0.328 e. The molecule has 0 saturated carbocycles. The Morgan fingerprint density at radius 2 is 1.90 bits per heavy atom. The highest BCUT2D eigenvalue weighted by molar-refractivity contribution is 8.18. The second-order valence-electron chi connectivity index (χ2n) is 6.94. The van der Waals surface area contributed by atoms with Crippen molar-refractivity contribution in [2.45, 2.75) is 26.5 Å². The molecule has 0 bridgehead atoms. The van der Waals surface area contributed by atoms with Gasteiger partial charge in [0.1, 0.15) is 12.6 Å². The largest absolute Gasteiger partial charge is 0.493 e. The minimum Gasteiger partial charge on any atom is -0.493 e. The van der Waals surface area contributed by atoms with Gasteiger partial charge in [-0.3, -0.25) is 14.5 Å². The smallest absolute Gasteiger partial charge is 0.328 e. The van der Waals surface area contributed by atoms with Gasteiger partial charge >= 0.3 is 5.97 Å². The summed E-state index contributed by atoms with van der Waals surface area (Å²) in [5, 5.41) is -0.515. The topological polar surface area (TPSA) is 82.1 Å². The lowest BCUT2D eigenvalue weighted by Crippen LogP contribution is -2.42. The standard InChI is InChI=1S/C23H23NO6S/c1-14-6-5-7-17(10-14)13-30-18-9-8-16(11-19(18)28-3)12-20-21(25)24(23(27)31-20)15(2)22(26)29-4/h5-12,15H,13H2,1-4H3/b20-12+/t15-/m1/s1. The summed E-state index contributed by atoms with van der Waals surface area (Å²) in [6.07, 6.45) is 1.59. The third-order valence-corrected chi connectivity index (χ3v) is 5.60. The molecule has 1 aliphatic rings. The van der Waals surface area contributed by atoms with Crippen molar-refractivity contribution in [3.8, 4) is 11.5 Å². The zero-order valence-electron chi connectivity index (χ0n) is 17.7. The minimum atomic E-state index is -0.990. The van der Waals surface area contributed by atoms with E-state index in [4.69, 9.17) is 9.47 Å². The number of aryl methyl sites for hydroxylation is 1. The van der Waals surface area contributed by atoms with E-state index in [1.807, 2.05) is 31.2 Å². The molecule has 2 aromatic rings. The van der Waals surface area contributed by atoms with Crippen LogP contribution in [0, 0.1) is 6.92 Å². The fourth-order valence-electron chi connectivity index (χ4n) is 3.10. The molecule has 8 heteroatoms. The first-order valence-corrected chi connectivity index (χ1v) is 10.4. The fraction of sp³-hybridized carbons (Fsp3) is 0.261. The van der Waals surface area contributed by atoms with Crippen molar-refractivity contribution in [1.82, 2.24) is 4.90 Å². The molecule has 3 rings (SSSR count). The molecule has 0 aromatic heterocycles. The fourth-order valence-corrected chi connectivity index (χ4v) is 4.01. The number of imide groups is 1. The molecule has 1 heterocycles. The first-order chi connectivity index (χ1) is 14.8.